The summed E-state index contributed by atoms with van der Waals surface area (Å²) in [5, 5.41) is 33.4. The molecule has 0 heterocycles. The zero-order valence-electron chi connectivity index (χ0n) is 18.0. The zero-order valence-corrected chi connectivity index (χ0v) is 18.0. The molecule has 0 bridgehead atoms. The van der Waals surface area contributed by atoms with Crippen LogP contribution in [0.5, 0.6) is 0 Å². The molecule has 4 N–H and O–H groups in total. The number of aliphatic carboxylic acids is 2. The normalized spacial score (nSPS) is 10.3. The van der Waals surface area contributed by atoms with Crippen molar-refractivity contribution in [3.63, 3.8) is 0 Å². The molecule has 0 spiro atoms. The highest BCUT2D eigenvalue weighted by atomic mass is 16.4. The van der Waals surface area contributed by atoms with Crippen LogP contribution in [0.4, 0.5) is 0 Å². The molecular weight excluding hydrogens is 348 g/mol. The van der Waals surface area contributed by atoms with Crippen LogP contribution in [0.1, 0.15) is 105 Å². The molecule has 0 saturated heterocycles. The van der Waals surface area contributed by atoms with E-state index in [-0.39, 0.29) is 18.6 Å². The van der Waals surface area contributed by atoms with Crippen molar-refractivity contribution < 1.29 is 30.0 Å². The number of aliphatic hydroxyl groups excluding tert-OH is 2. The minimum atomic E-state index is -0.670. The maximum absolute atomic E-state index is 10.0. The first kappa shape index (κ1) is 30.6. The number of unbranched alkanes of at least 4 members (excludes halogenated alkanes) is 8. The van der Waals surface area contributed by atoms with Gasteiger partial charge in [-0.05, 0) is 12.8 Å². The van der Waals surface area contributed by atoms with Gasteiger partial charge in [-0.1, -0.05) is 79.1 Å². The SMILES string of the molecule is CC(C)(CO)CO.CCCCCCCC(=O)O.CCCCCCCC(=O)O. The molecule has 0 unspecified atom stereocenters. The molecule has 6 nitrogen and oxygen atoms in total. The van der Waals surface area contributed by atoms with Gasteiger partial charge in [0.25, 0.3) is 0 Å². The summed E-state index contributed by atoms with van der Waals surface area (Å²) in [5.74, 6) is -1.34. The Morgan fingerprint density at radius 2 is 0.926 bits per heavy atom. The summed E-state index contributed by atoms with van der Waals surface area (Å²) in [6, 6.07) is 0. The fraction of sp³-hybridized carbons (Fsp3) is 0.905. The molecule has 0 aromatic carbocycles. The van der Waals surface area contributed by atoms with Gasteiger partial charge >= 0.3 is 11.9 Å². The largest absolute Gasteiger partial charge is 0.481 e. The van der Waals surface area contributed by atoms with E-state index in [9.17, 15) is 9.59 Å². The molecule has 0 aliphatic carbocycles. The van der Waals surface area contributed by atoms with Crippen molar-refractivity contribution in [1.29, 1.82) is 0 Å². The molecule has 0 radical (unpaired) electrons. The van der Waals surface area contributed by atoms with Crippen molar-refractivity contribution in [3.05, 3.63) is 0 Å². The van der Waals surface area contributed by atoms with E-state index in [1.54, 1.807) is 13.8 Å². The van der Waals surface area contributed by atoms with Gasteiger partial charge in [-0.2, -0.15) is 0 Å². The van der Waals surface area contributed by atoms with Crippen molar-refractivity contribution >= 4 is 11.9 Å². The van der Waals surface area contributed by atoms with Crippen molar-refractivity contribution in [2.75, 3.05) is 13.2 Å². The Bertz CT molecular complexity index is 299. The highest BCUT2D eigenvalue weighted by Gasteiger charge is 2.13. The van der Waals surface area contributed by atoms with Gasteiger partial charge < -0.3 is 20.4 Å². The maximum Gasteiger partial charge on any atom is 0.303 e. The topological polar surface area (TPSA) is 115 Å². The second kappa shape index (κ2) is 22.9. The number of aliphatic hydroxyl groups is 2. The number of hydrogen-bond acceptors (Lipinski definition) is 4. The average Bonchev–Trinajstić information content (AvgIpc) is 2.62. The third-order valence-electron chi connectivity index (χ3n) is 3.84. The van der Waals surface area contributed by atoms with Gasteiger partial charge in [-0.3, -0.25) is 9.59 Å². The van der Waals surface area contributed by atoms with Gasteiger partial charge in [-0.25, -0.2) is 0 Å². The fourth-order valence-corrected chi connectivity index (χ4v) is 1.81. The van der Waals surface area contributed by atoms with Crippen LogP contribution in [0.15, 0.2) is 0 Å². The standard InChI is InChI=1S/2C8H16O2.C5H12O2/c2*1-2-3-4-5-6-7-8(9)10;1-5(2,3-6)4-7/h2*2-7H2,1H3,(H,9,10);6-7H,3-4H2,1-2H3. The van der Waals surface area contributed by atoms with Crippen LogP contribution in [0.3, 0.4) is 0 Å². The highest BCUT2D eigenvalue weighted by molar-refractivity contribution is 5.66. The van der Waals surface area contributed by atoms with Crippen LogP contribution in [0.25, 0.3) is 0 Å². The first-order chi connectivity index (χ1) is 12.7. The van der Waals surface area contributed by atoms with Crippen LogP contribution in [0.2, 0.25) is 0 Å². The number of carbonyl (C=O) groups is 2. The number of carboxylic acid groups (broad SMARTS) is 2. The van der Waals surface area contributed by atoms with Crippen LogP contribution < -0.4 is 0 Å². The van der Waals surface area contributed by atoms with Gasteiger partial charge in [0, 0.05) is 18.3 Å². The van der Waals surface area contributed by atoms with E-state index in [1.807, 2.05) is 0 Å². The Morgan fingerprint density at radius 3 is 1.11 bits per heavy atom. The Hall–Kier alpha value is -1.14. The fourth-order valence-electron chi connectivity index (χ4n) is 1.81. The highest BCUT2D eigenvalue weighted by Crippen LogP contribution is 2.10. The molecule has 0 rings (SSSR count). The van der Waals surface area contributed by atoms with E-state index in [0.29, 0.717) is 12.8 Å². The molecule has 0 aliphatic heterocycles. The molecule has 0 amide bonds. The quantitative estimate of drug-likeness (QED) is 0.314. The zero-order chi connectivity index (χ0) is 21.6. The van der Waals surface area contributed by atoms with Gasteiger partial charge in [0.05, 0.1) is 13.2 Å². The summed E-state index contributed by atoms with van der Waals surface area (Å²) < 4.78 is 0. The smallest absolute Gasteiger partial charge is 0.303 e. The molecule has 0 aliphatic rings. The minimum absolute atomic E-state index is 0.0451. The minimum Gasteiger partial charge on any atom is -0.481 e. The Labute approximate surface area is 166 Å². The van der Waals surface area contributed by atoms with Gasteiger partial charge in [-0.15, -0.1) is 0 Å². The summed E-state index contributed by atoms with van der Waals surface area (Å²) in [5.41, 5.74) is -0.306. The van der Waals surface area contributed by atoms with Crippen LogP contribution >= 0.6 is 0 Å². The molecule has 27 heavy (non-hydrogen) atoms. The molecule has 0 saturated carbocycles. The van der Waals surface area contributed by atoms with Crippen LogP contribution in [-0.2, 0) is 9.59 Å². The first-order valence-corrected chi connectivity index (χ1v) is 10.3. The Balaban J connectivity index is -0.000000326. The summed E-state index contributed by atoms with van der Waals surface area (Å²) in [6.45, 7) is 7.99. The van der Waals surface area contributed by atoms with Crippen LogP contribution in [-0.4, -0.2) is 45.6 Å². The number of rotatable bonds is 14. The van der Waals surface area contributed by atoms with Crippen molar-refractivity contribution in [3.8, 4) is 0 Å². The summed E-state index contributed by atoms with van der Waals surface area (Å²) in [6.07, 6.45) is 11.8. The molecule has 0 aromatic rings. The van der Waals surface area contributed by atoms with E-state index < -0.39 is 11.9 Å². The van der Waals surface area contributed by atoms with Gasteiger partial charge in [0.2, 0.25) is 0 Å². The molecule has 0 fully saturated rings. The first-order valence-electron chi connectivity index (χ1n) is 10.3. The summed E-state index contributed by atoms with van der Waals surface area (Å²) in [7, 11) is 0. The molecule has 164 valence electrons. The van der Waals surface area contributed by atoms with Gasteiger partial charge in [0.15, 0.2) is 0 Å². The third kappa shape index (κ3) is 36.5. The lowest BCUT2D eigenvalue weighted by Crippen LogP contribution is -2.20. The molecular formula is C21H44O6. The Kier molecular flexibility index (Phi) is 25.9. The van der Waals surface area contributed by atoms with Crippen LogP contribution in [0, 0.1) is 5.41 Å². The molecule has 6 heteroatoms. The third-order valence-corrected chi connectivity index (χ3v) is 3.84. The molecule has 0 atom stereocenters. The van der Waals surface area contributed by atoms with Crippen molar-refractivity contribution in [1.82, 2.24) is 0 Å². The monoisotopic (exact) mass is 392 g/mol. The van der Waals surface area contributed by atoms with E-state index in [4.69, 9.17) is 20.4 Å². The van der Waals surface area contributed by atoms with Crippen molar-refractivity contribution in [2.45, 2.75) is 105 Å². The maximum atomic E-state index is 10.0. The van der Waals surface area contributed by atoms with Crippen molar-refractivity contribution in [2.24, 2.45) is 5.41 Å². The second-order valence-corrected chi connectivity index (χ2v) is 7.60. The predicted molar refractivity (Wildman–Crippen MR) is 110 cm³/mol. The second-order valence-electron chi connectivity index (χ2n) is 7.60. The lowest BCUT2D eigenvalue weighted by molar-refractivity contribution is -0.138. The van der Waals surface area contributed by atoms with E-state index in [2.05, 4.69) is 13.8 Å². The number of hydrogen-bond donors (Lipinski definition) is 4. The Morgan fingerprint density at radius 1 is 0.630 bits per heavy atom. The van der Waals surface area contributed by atoms with E-state index in [0.717, 1.165) is 25.7 Å². The summed E-state index contributed by atoms with van der Waals surface area (Å²) >= 11 is 0. The lowest BCUT2D eigenvalue weighted by Gasteiger charge is -2.16. The lowest BCUT2D eigenvalue weighted by atomic mass is 9.97. The predicted octanol–water partition coefficient (Wildman–Crippen LogP) is 4.86. The van der Waals surface area contributed by atoms with E-state index in [1.165, 1.54) is 38.5 Å². The average molecular weight is 393 g/mol. The molecule has 0 aromatic heterocycles. The summed E-state index contributed by atoms with van der Waals surface area (Å²) in [4.78, 5) is 20.1. The van der Waals surface area contributed by atoms with E-state index >= 15 is 0 Å². The van der Waals surface area contributed by atoms with Gasteiger partial charge in [0.1, 0.15) is 0 Å². The number of carboxylic acids is 2.